The summed E-state index contributed by atoms with van der Waals surface area (Å²) in [4.78, 5) is 2.15. The van der Waals surface area contributed by atoms with Crippen LogP contribution in [0.15, 0.2) is 48.4 Å². The predicted octanol–water partition coefficient (Wildman–Crippen LogP) is 2.19. The average Bonchev–Trinajstić information content (AvgIpc) is 2.20. The van der Waals surface area contributed by atoms with Crippen LogP contribution in [0.3, 0.4) is 0 Å². The first-order valence-corrected chi connectivity index (χ1v) is 4.46. The van der Waals surface area contributed by atoms with Gasteiger partial charge < -0.3 is 9.64 Å². The minimum Gasteiger partial charge on any atom is -0.475 e. The minimum atomic E-state index is 0.0607. The van der Waals surface area contributed by atoms with E-state index < -0.39 is 0 Å². The number of rotatable bonds is 1. The summed E-state index contributed by atoms with van der Waals surface area (Å²) in [7, 11) is 0. The highest BCUT2D eigenvalue weighted by molar-refractivity contribution is 5.21. The van der Waals surface area contributed by atoms with Crippen molar-refractivity contribution >= 4 is 0 Å². The monoisotopic (exact) mass is 175 g/mol. The molecule has 0 aromatic heterocycles. The van der Waals surface area contributed by atoms with E-state index in [0.29, 0.717) is 0 Å². The van der Waals surface area contributed by atoms with Crippen LogP contribution >= 0.6 is 0 Å². The van der Waals surface area contributed by atoms with Gasteiger partial charge in [0.25, 0.3) is 0 Å². The molecule has 0 radical (unpaired) electrons. The topological polar surface area (TPSA) is 12.5 Å². The number of nitrogens with zero attached hydrogens (tertiary/aromatic N) is 1. The van der Waals surface area contributed by atoms with Gasteiger partial charge in [0, 0.05) is 12.7 Å². The second kappa shape index (κ2) is 3.52. The Bertz CT molecular complexity index is 299. The second-order valence-electron chi connectivity index (χ2n) is 3.20. The third-order valence-corrected chi connectivity index (χ3v) is 2.16. The van der Waals surface area contributed by atoms with Crippen LogP contribution in [-0.4, -0.2) is 17.7 Å². The van der Waals surface area contributed by atoms with E-state index in [0.717, 1.165) is 6.54 Å². The van der Waals surface area contributed by atoms with Crippen LogP contribution in [0.5, 0.6) is 0 Å². The molecule has 0 aromatic carbocycles. The van der Waals surface area contributed by atoms with E-state index in [1.165, 1.54) is 5.57 Å². The Morgan fingerprint density at radius 1 is 1.46 bits per heavy atom. The molecule has 0 aromatic rings. The Morgan fingerprint density at radius 3 is 3.00 bits per heavy atom. The number of allylic oxidation sites excluding steroid dienone is 4. The molecule has 0 bridgehead atoms. The number of hydrogen-bond acceptors (Lipinski definition) is 2. The standard InChI is InChI=1S/C11H13NO/c1-10-5-7-12(8-6-10)11-4-2-3-9-13-11/h2-7,9,11H,8H2,1H3. The fourth-order valence-electron chi connectivity index (χ4n) is 1.34. The van der Waals surface area contributed by atoms with Crippen molar-refractivity contribution in [3.8, 4) is 0 Å². The van der Waals surface area contributed by atoms with Crippen LogP contribution in [0.25, 0.3) is 0 Å². The summed E-state index contributed by atoms with van der Waals surface area (Å²) < 4.78 is 5.43. The Hall–Kier alpha value is -1.44. The maximum absolute atomic E-state index is 5.43. The highest BCUT2D eigenvalue weighted by Crippen LogP contribution is 2.13. The van der Waals surface area contributed by atoms with E-state index in [-0.39, 0.29) is 6.23 Å². The second-order valence-corrected chi connectivity index (χ2v) is 3.20. The van der Waals surface area contributed by atoms with Gasteiger partial charge in [-0.1, -0.05) is 17.7 Å². The highest BCUT2D eigenvalue weighted by Gasteiger charge is 2.13. The summed E-state index contributed by atoms with van der Waals surface area (Å²) in [5.41, 5.74) is 1.31. The third-order valence-electron chi connectivity index (χ3n) is 2.16. The maximum Gasteiger partial charge on any atom is 0.191 e. The molecule has 1 atom stereocenters. The summed E-state index contributed by atoms with van der Waals surface area (Å²) in [6.45, 7) is 3.02. The van der Waals surface area contributed by atoms with Crippen molar-refractivity contribution in [2.24, 2.45) is 0 Å². The Labute approximate surface area is 78.5 Å². The first kappa shape index (κ1) is 8.17. The first-order chi connectivity index (χ1) is 6.36. The molecule has 2 aliphatic rings. The quantitative estimate of drug-likeness (QED) is 0.605. The molecule has 0 saturated carbocycles. The summed E-state index contributed by atoms with van der Waals surface area (Å²) in [6.07, 6.45) is 14.1. The lowest BCUT2D eigenvalue weighted by atomic mass is 10.2. The van der Waals surface area contributed by atoms with Gasteiger partial charge in [-0.25, -0.2) is 0 Å². The molecule has 0 N–H and O–H groups in total. The van der Waals surface area contributed by atoms with Crippen molar-refractivity contribution < 1.29 is 4.74 Å². The van der Waals surface area contributed by atoms with E-state index in [4.69, 9.17) is 4.74 Å². The van der Waals surface area contributed by atoms with Gasteiger partial charge in [0.15, 0.2) is 6.23 Å². The maximum atomic E-state index is 5.43. The Morgan fingerprint density at radius 2 is 2.38 bits per heavy atom. The highest BCUT2D eigenvalue weighted by atomic mass is 16.5. The fraction of sp³-hybridized carbons (Fsp3) is 0.273. The molecule has 1 unspecified atom stereocenters. The molecule has 0 aliphatic carbocycles. The third kappa shape index (κ3) is 1.83. The van der Waals surface area contributed by atoms with E-state index in [1.54, 1.807) is 6.26 Å². The van der Waals surface area contributed by atoms with E-state index in [9.17, 15) is 0 Å². The zero-order valence-electron chi connectivity index (χ0n) is 7.68. The summed E-state index contributed by atoms with van der Waals surface area (Å²) in [6, 6.07) is 0. The van der Waals surface area contributed by atoms with Crippen LogP contribution in [0.4, 0.5) is 0 Å². The summed E-state index contributed by atoms with van der Waals surface area (Å²) >= 11 is 0. The number of ether oxygens (including phenoxy) is 1. The van der Waals surface area contributed by atoms with Crippen molar-refractivity contribution in [2.45, 2.75) is 13.2 Å². The van der Waals surface area contributed by atoms with E-state index >= 15 is 0 Å². The molecule has 0 amide bonds. The summed E-state index contributed by atoms with van der Waals surface area (Å²) in [5.74, 6) is 0. The molecule has 0 fully saturated rings. The number of hydrogen-bond donors (Lipinski definition) is 0. The van der Waals surface area contributed by atoms with Crippen molar-refractivity contribution in [1.82, 2.24) is 4.90 Å². The minimum absolute atomic E-state index is 0.0607. The van der Waals surface area contributed by atoms with Crippen molar-refractivity contribution in [3.63, 3.8) is 0 Å². The molecule has 2 heteroatoms. The molecule has 2 aliphatic heterocycles. The van der Waals surface area contributed by atoms with Crippen LogP contribution in [0, 0.1) is 0 Å². The summed E-state index contributed by atoms with van der Waals surface area (Å²) in [5, 5.41) is 0. The molecule has 13 heavy (non-hydrogen) atoms. The lowest BCUT2D eigenvalue weighted by Gasteiger charge is -2.29. The lowest BCUT2D eigenvalue weighted by Crippen LogP contribution is -2.32. The fourth-order valence-corrected chi connectivity index (χ4v) is 1.34. The zero-order valence-corrected chi connectivity index (χ0v) is 7.68. The molecule has 0 spiro atoms. The molecule has 2 nitrogen and oxygen atoms in total. The van der Waals surface area contributed by atoms with Gasteiger partial charge in [-0.2, -0.15) is 0 Å². The van der Waals surface area contributed by atoms with Crippen molar-refractivity contribution in [3.05, 3.63) is 48.4 Å². The van der Waals surface area contributed by atoms with Gasteiger partial charge in [-0.05, 0) is 25.2 Å². The average molecular weight is 175 g/mol. The largest absolute Gasteiger partial charge is 0.475 e. The predicted molar refractivity (Wildman–Crippen MR) is 52.8 cm³/mol. The lowest BCUT2D eigenvalue weighted by molar-refractivity contribution is 0.0653. The van der Waals surface area contributed by atoms with Gasteiger partial charge in [0.05, 0.1) is 6.26 Å². The molecule has 0 saturated heterocycles. The van der Waals surface area contributed by atoms with E-state index in [2.05, 4.69) is 30.2 Å². The van der Waals surface area contributed by atoms with E-state index in [1.807, 2.05) is 18.2 Å². The first-order valence-electron chi connectivity index (χ1n) is 4.46. The normalized spacial score (nSPS) is 25.8. The Balaban J connectivity index is 2.00. The van der Waals surface area contributed by atoms with Gasteiger partial charge >= 0.3 is 0 Å². The van der Waals surface area contributed by atoms with Gasteiger partial charge in [-0.15, -0.1) is 0 Å². The SMILES string of the molecule is CC1=CCN(C2C=CC=CO2)C=C1. The smallest absolute Gasteiger partial charge is 0.191 e. The van der Waals surface area contributed by atoms with Crippen LogP contribution < -0.4 is 0 Å². The zero-order chi connectivity index (χ0) is 9.10. The molecular formula is C11H13NO. The van der Waals surface area contributed by atoms with Gasteiger partial charge in [0.2, 0.25) is 0 Å². The van der Waals surface area contributed by atoms with Gasteiger partial charge in [0.1, 0.15) is 0 Å². The Kier molecular flexibility index (Phi) is 2.21. The van der Waals surface area contributed by atoms with Gasteiger partial charge in [-0.3, -0.25) is 0 Å². The van der Waals surface area contributed by atoms with Crippen LogP contribution in [0.1, 0.15) is 6.92 Å². The molecule has 2 rings (SSSR count). The molecule has 2 heterocycles. The molecular weight excluding hydrogens is 162 g/mol. The van der Waals surface area contributed by atoms with Crippen LogP contribution in [-0.2, 0) is 4.74 Å². The van der Waals surface area contributed by atoms with Crippen LogP contribution in [0.2, 0.25) is 0 Å². The van der Waals surface area contributed by atoms with Crippen molar-refractivity contribution in [1.29, 1.82) is 0 Å². The van der Waals surface area contributed by atoms with Crippen molar-refractivity contribution in [2.75, 3.05) is 6.54 Å². The molecule has 68 valence electrons.